The second kappa shape index (κ2) is 5.31. The number of aromatic nitrogens is 2. The molecular formula is C14H11BrClN3S. The highest BCUT2D eigenvalue weighted by Crippen LogP contribution is 2.32. The number of hydrogen-bond donors (Lipinski definition) is 1. The Bertz CT molecular complexity index is 800. The third-order valence-electron chi connectivity index (χ3n) is 2.94. The molecule has 0 bridgehead atoms. The molecule has 3 nitrogen and oxygen atoms in total. The van der Waals surface area contributed by atoms with Crippen LogP contribution in [-0.4, -0.2) is 9.97 Å². The quantitative estimate of drug-likeness (QED) is 0.610. The molecule has 6 heteroatoms. The van der Waals surface area contributed by atoms with E-state index < -0.39 is 0 Å². The fourth-order valence-corrected chi connectivity index (χ4v) is 3.43. The van der Waals surface area contributed by atoms with Gasteiger partial charge in [-0.05, 0) is 49.2 Å². The van der Waals surface area contributed by atoms with Gasteiger partial charge in [0.25, 0.3) is 0 Å². The van der Waals surface area contributed by atoms with E-state index in [-0.39, 0.29) is 5.28 Å². The van der Waals surface area contributed by atoms with Gasteiger partial charge < -0.3 is 5.32 Å². The van der Waals surface area contributed by atoms with Gasteiger partial charge in [0, 0.05) is 15.0 Å². The number of benzene rings is 1. The summed E-state index contributed by atoms with van der Waals surface area (Å²) in [6.45, 7) is 4.10. The van der Waals surface area contributed by atoms with E-state index in [4.69, 9.17) is 11.6 Å². The molecule has 1 aromatic carbocycles. The number of anilines is 2. The summed E-state index contributed by atoms with van der Waals surface area (Å²) in [7, 11) is 0. The molecule has 0 spiro atoms. The summed E-state index contributed by atoms with van der Waals surface area (Å²) in [5.74, 6) is 0.741. The van der Waals surface area contributed by atoms with E-state index >= 15 is 0 Å². The number of rotatable bonds is 2. The second-order valence-electron chi connectivity index (χ2n) is 4.50. The van der Waals surface area contributed by atoms with Crippen LogP contribution >= 0.6 is 38.9 Å². The zero-order valence-corrected chi connectivity index (χ0v) is 14.0. The molecular weight excluding hydrogens is 358 g/mol. The maximum absolute atomic E-state index is 6.01. The summed E-state index contributed by atoms with van der Waals surface area (Å²) in [5, 5.41) is 4.61. The van der Waals surface area contributed by atoms with Crippen LogP contribution in [0.5, 0.6) is 0 Å². The number of fused-ring (bicyclic) bond motifs is 1. The number of hydrogen-bond acceptors (Lipinski definition) is 4. The lowest BCUT2D eigenvalue weighted by Gasteiger charge is -2.10. The van der Waals surface area contributed by atoms with Gasteiger partial charge >= 0.3 is 0 Å². The predicted octanol–water partition coefficient (Wildman–Crippen LogP) is 5.47. The molecule has 3 rings (SSSR count). The molecule has 0 fully saturated rings. The van der Waals surface area contributed by atoms with Crippen molar-refractivity contribution >= 4 is 60.6 Å². The molecule has 20 heavy (non-hydrogen) atoms. The van der Waals surface area contributed by atoms with E-state index in [1.165, 1.54) is 4.88 Å². The highest BCUT2D eigenvalue weighted by atomic mass is 79.9. The minimum atomic E-state index is 0.259. The van der Waals surface area contributed by atoms with Crippen LogP contribution in [0.15, 0.2) is 28.7 Å². The predicted molar refractivity (Wildman–Crippen MR) is 89.3 cm³/mol. The normalized spacial score (nSPS) is 11.0. The van der Waals surface area contributed by atoms with Crippen molar-refractivity contribution in [2.75, 3.05) is 5.32 Å². The molecule has 2 aromatic heterocycles. The molecule has 0 aliphatic carbocycles. The molecule has 0 saturated heterocycles. The van der Waals surface area contributed by atoms with Gasteiger partial charge in [-0.15, -0.1) is 11.3 Å². The Hall–Kier alpha value is -1.17. The van der Waals surface area contributed by atoms with E-state index in [1.54, 1.807) is 11.3 Å². The molecule has 3 aromatic rings. The zero-order chi connectivity index (χ0) is 14.3. The average Bonchev–Trinajstić information content (AvgIpc) is 2.74. The summed E-state index contributed by atoms with van der Waals surface area (Å²) >= 11 is 11.1. The van der Waals surface area contributed by atoms with Crippen molar-refractivity contribution in [2.24, 2.45) is 0 Å². The average molecular weight is 369 g/mol. The molecule has 0 aliphatic rings. The smallest absolute Gasteiger partial charge is 0.225 e. The molecule has 102 valence electrons. The highest BCUT2D eigenvalue weighted by molar-refractivity contribution is 9.10. The lowest BCUT2D eigenvalue weighted by molar-refractivity contribution is 1.22. The first-order valence-corrected chi connectivity index (χ1v) is 7.98. The Morgan fingerprint density at radius 2 is 2.00 bits per heavy atom. The molecule has 0 aliphatic heterocycles. The minimum Gasteiger partial charge on any atom is -0.339 e. The molecule has 0 saturated carbocycles. The van der Waals surface area contributed by atoms with Crippen molar-refractivity contribution < 1.29 is 0 Å². The standard InChI is InChI=1S/C14H11BrClN3S/c1-7-3-4-9(15)6-11(7)17-12-10-5-8(2)20-13(10)19-14(16)18-12/h3-6H,1-2H3,(H,17,18,19). The van der Waals surface area contributed by atoms with Gasteiger partial charge in [0.1, 0.15) is 10.6 Å². The summed E-state index contributed by atoms with van der Waals surface area (Å²) in [6.07, 6.45) is 0. The zero-order valence-electron chi connectivity index (χ0n) is 10.9. The lowest BCUT2D eigenvalue weighted by atomic mass is 10.2. The minimum absolute atomic E-state index is 0.259. The van der Waals surface area contributed by atoms with Crippen LogP contribution in [0.3, 0.4) is 0 Å². The SMILES string of the molecule is Cc1cc2c(Nc3cc(Br)ccc3C)nc(Cl)nc2s1. The second-order valence-corrected chi connectivity index (χ2v) is 6.99. The first-order valence-electron chi connectivity index (χ1n) is 6.00. The number of nitrogens with one attached hydrogen (secondary N) is 1. The van der Waals surface area contributed by atoms with Crippen LogP contribution in [0.1, 0.15) is 10.4 Å². The van der Waals surface area contributed by atoms with Crippen LogP contribution in [0.2, 0.25) is 5.28 Å². The van der Waals surface area contributed by atoms with Crippen molar-refractivity contribution in [1.82, 2.24) is 9.97 Å². The van der Waals surface area contributed by atoms with Crippen LogP contribution in [-0.2, 0) is 0 Å². The molecule has 0 amide bonds. The van der Waals surface area contributed by atoms with Gasteiger partial charge in [0.15, 0.2) is 0 Å². The topological polar surface area (TPSA) is 37.8 Å². The van der Waals surface area contributed by atoms with Crippen molar-refractivity contribution in [3.63, 3.8) is 0 Å². The fourth-order valence-electron chi connectivity index (χ4n) is 1.97. The Morgan fingerprint density at radius 3 is 2.80 bits per heavy atom. The first-order chi connectivity index (χ1) is 9.52. The van der Waals surface area contributed by atoms with Crippen LogP contribution in [0.25, 0.3) is 10.2 Å². The monoisotopic (exact) mass is 367 g/mol. The van der Waals surface area contributed by atoms with Gasteiger partial charge in [-0.1, -0.05) is 22.0 Å². The highest BCUT2D eigenvalue weighted by Gasteiger charge is 2.11. The summed E-state index contributed by atoms with van der Waals surface area (Å²) in [5.41, 5.74) is 2.14. The van der Waals surface area contributed by atoms with Crippen molar-refractivity contribution in [3.05, 3.63) is 44.5 Å². The Balaban J connectivity index is 2.12. The number of aryl methyl sites for hydroxylation is 2. The maximum Gasteiger partial charge on any atom is 0.225 e. The van der Waals surface area contributed by atoms with Gasteiger partial charge in [0.05, 0.1) is 5.39 Å². The summed E-state index contributed by atoms with van der Waals surface area (Å²) in [4.78, 5) is 10.7. The van der Waals surface area contributed by atoms with Gasteiger partial charge in [0.2, 0.25) is 5.28 Å². The summed E-state index contributed by atoms with van der Waals surface area (Å²) in [6, 6.07) is 8.16. The summed E-state index contributed by atoms with van der Waals surface area (Å²) < 4.78 is 1.02. The number of thiophene rings is 1. The van der Waals surface area contributed by atoms with E-state index in [0.717, 1.165) is 31.8 Å². The number of nitrogens with zero attached hydrogens (tertiary/aromatic N) is 2. The van der Waals surface area contributed by atoms with Crippen LogP contribution in [0.4, 0.5) is 11.5 Å². The van der Waals surface area contributed by atoms with Crippen LogP contribution in [0, 0.1) is 13.8 Å². The molecule has 1 N–H and O–H groups in total. The third kappa shape index (κ3) is 2.66. The van der Waals surface area contributed by atoms with Crippen molar-refractivity contribution in [3.8, 4) is 0 Å². The largest absolute Gasteiger partial charge is 0.339 e. The molecule has 2 heterocycles. The fraction of sp³-hybridized carbons (Fsp3) is 0.143. The maximum atomic E-state index is 6.01. The Kier molecular flexibility index (Phi) is 3.67. The lowest BCUT2D eigenvalue weighted by Crippen LogP contribution is -1.97. The van der Waals surface area contributed by atoms with Gasteiger partial charge in [-0.3, -0.25) is 0 Å². The van der Waals surface area contributed by atoms with E-state index in [2.05, 4.69) is 37.3 Å². The molecule has 0 radical (unpaired) electrons. The van der Waals surface area contributed by atoms with E-state index in [1.807, 2.05) is 32.0 Å². The van der Waals surface area contributed by atoms with E-state index in [0.29, 0.717) is 0 Å². The van der Waals surface area contributed by atoms with Crippen LogP contribution < -0.4 is 5.32 Å². The Morgan fingerprint density at radius 1 is 1.20 bits per heavy atom. The van der Waals surface area contributed by atoms with Gasteiger partial charge in [-0.2, -0.15) is 4.98 Å². The Labute approximate surface area is 134 Å². The van der Waals surface area contributed by atoms with Crippen molar-refractivity contribution in [1.29, 1.82) is 0 Å². The molecule has 0 atom stereocenters. The van der Waals surface area contributed by atoms with Gasteiger partial charge in [-0.25, -0.2) is 4.98 Å². The molecule has 0 unspecified atom stereocenters. The van der Waals surface area contributed by atoms with Crippen molar-refractivity contribution in [2.45, 2.75) is 13.8 Å². The first kappa shape index (κ1) is 13.8. The number of halogens is 2. The van der Waals surface area contributed by atoms with E-state index in [9.17, 15) is 0 Å². The third-order valence-corrected chi connectivity index (χ3v) is 4.55.